The van der Waals surface area contributed by atoms with Crippen molar-refractivity contribution in [3.63, 3.8) is 0 Å². The molecule has 0 radical (unpaired) electrons. The summed E-state index contributed by atoms with van der Waals surface area (Å²) in [6.07, 6.45) is 2.06. The molecule has 2 rings (SSSR count). The topological polar surface area (TPSA) is 80.5 Å². The van der Waals surface area contributed by atoms with Gasteiger partial charge in [0.05, 0.1) is 11.0 Å². The highest BCUT2D eigenvalue weighted by Crippen LogP contribution is 2.30. The largest absolute Gasteiger partial charge is 0.377 e. The predicted molar refractivity (Wildman–Crippen MR) is 81.9 cm³/mol. The van der Waals surface area contributed by atoms with E-state index in [9.17, 15) is 10.1 Å². The average molecular weight is 294 g/mol. The van der Waals surface area contributed by atoms with E-state index in [1.165, 1.54) is 6.07 Å². The molecule has 0 aliphatic carbocycles. The standard InChI is InChI=1S/C14H22N4O3/c1-3-15-13-8-7-12(18(19)20)14(16-13)17-9-5-6-11(10-17)21-4-2/h7-8,11H,3-6,9-10H2,1-2H3,(H,15,16). The van der Waals surface area contributed by atoms with E-state index in [1.54, 1.807) is 6.07 Å². The molecular formula is C14H22N4O3. The van der Waals surface area contributed by atoms with Crippen LogP contribution >= 0.6 is 0 Å². The molecule has 1 aliphatic rings. The highest BCUT2D eigenvalue weighted by atomic mass is 16.6. The van der Waals surface area contributed by atoms with Gasteiger partial charge < -0.3 is 15.0 Å². The Kier molecular flexibility index (Phi) is 5.32. The summed E-state index contributed by atoms with van der Waals surface area (Å²) in [5, 5.41) is 14.3. The molecule has 0 spiro atoms. The van der Waals surface area contributed by atoms with E-state index in [-0.39, 0.29) is 16.7 Å². The van der Waals surface area contributed by atoms with E-state index < -0.39 is 0 Å². The Morgan fingerprint density at radius 3 is 3.00 bits per heavy atom. The number of hydrogen-bond donors (Lipinski definition) is 1. The molecule has 1 N–H and O–H groups in total. The molecule has 1 fully saturated rings. The molecule has 0 amide bonds. The second-order valence-corrected chi connectivity index (χ2v) is 4.99. The summed E-state index contributed by atoms with van der Waals surface area (Å²) in [6.45, 7) is 6.74. The summed E-state index contributed by atoms with van der Waals surface area (Å²) in [5.41, 5.74) is 0.0498. The fourth-order valence-corrected chi connectivity index (χ4v) is 2.60. The third-order valence-electron chi connectivity index (χ3n) is 3.49. The van der Waals surface area contributed by atoms with Crippen LogP contribution in [0.25, 0.3) is 0 Å². The first-order valence-electron chi connectivity index (χ1n) is 7.41. The molecule has 7 nitrogen and oxygen atoms in total. The maximum Gasteiger partial charge on any atom is 0.311 e. The van der Waals surface area contributed by atoms with E-state index in [1.807, 2.05) is 18.7 Å². The smallest absolute Gasteiger partial charge is 0.311 e. The molecule has 0 aromatic carbocycles. The number of aromatic nitrogens is 1. The summed E-state index contributed by atoms with van der Waals surface area (Å²) in [4.78, 5) is 17.2. The zero-order chi connectivity index (χ0) is 15.2. The fraction of sp³-hybridized carbons (Fsp3) is 0.643. The number of nitrogens with zero attached hydrogens (tertiary/aromatic N) is 3. The van der Waals surface area contributed by atoms with Crippen molar-refractivity contribution in [3.05, 3.63) is 22.2 Å². The van der Waals surface area contributed by atoms with Crippen molar-refractivity contribution in [1.29, 1.82) is 0 Å². The van der Waals surface area contributed by atoms with Crippen LogP contribution in [0.3, 0.4) is 0 Å². The maximum absolute atomic E-state index is 11.2. The normalized spacial score (nSPS) is 18.6. The molecule has 1 aromatic rings. The molecule has 1 unspecified atom stereocenters. The Bertz CT molecular complexity index is 493. The van der Waals surface area contributed by atoms with Crippen LogP contribution in [0.1, 0.15) is 26.7 Å². The van der Waals surface area contributed by atoms with Gasteiger partial charge in [-0.1, -0.05) is 0 Å². The van der Waals surface area contributed by atoms with E-state index in [0.717, 1.165) is 25.9 Å². The first-order chi connectivity index (χ1) is 10.2. The van der Waals surface area contributed by atoms with Crippen molar-refractivity contribution in [2.24, 2.45) is 0 Å². The minimum atomic E-state index is -0.373. The van der Waals surface area contributed by atoms with Crippen molar-refractivity contribution in [2.45, 2.75) is 32.8 Å². The number of nitro groups is 1. The Labute approximate surface area is 124 Å². The Morgan fingerprint density at radius 1 is 1.52 bits per heavy atom. The number of hydrogen-bond acceptors (Lipinski definition) is 6. The number of ether oxygens (including phenoxy) is 1. The van der Waals surface area contributed by atoms with Gasteiger partial charge in [0.1, 0.15) is 5.82 Å². The molecule has 7 heteroatoms. The molecule has 2 heterocycles. The number of rotatable bonds is 6. The lowest BCUT2D eigenvalue weighted by molar-refractivity contribution is -0.384. The van der Waals surface area contributed by atoms with Gasteiger partial charge in [-0.2, -0.15) is 0 Å². The van der Waals surface area contributed by atoms with Crippen LogP contribution in [-0.2, 0) is 4.74 Å². The molecule has 1 aliphatic heterocycles. The fourth-order valence-electron chi connectivity index (χ4n) is 2.60. The molecular weight excluding hydrogens is 272 g/mol. The molecule has 1 saturated heterocycles. The van der Waals surface area contributed by atoms with Crippen molar-refractivity contribution >= 4 is 17.3 Å². The van der Waals surface area contributed by atoms with Gasteiger partial charge in [-0.3, -0.25) is 10.1 Å². The van der Waals surface area contributed by atoms with Gasteiger partial charge in [0.25, 0.3) is 0 Å². The van der Waals surface area contributed by atoms with E-state index >= 15 is 0 Å². The first kappa shape index (κ1) is 15.5. The second-order valence-electron chi connectivity index (χ2n) is 4.99. The molecule has 116 valence electrons. The zero-order valence-corrected chi connectivity index (χ0v) is 12.5. The summed E-state index contributed by atoms with van der Waals surface area (Å²) < 4.78 is 5.66. The third-order valence-corrected chi connectivity index (χ3v) is 3.49. The predicted octanol–water partition coefficient (Wildman–Crippen LogP) is 2.43. The van der Waals surface area contributed by atoms with E-state index in [2.05, 4.69) is 10.3 Å². The van der Waals surface area contributed by atoms with E-state index in [0.29, 0.717) is 24.8 Å². The lowest BCUT2D eigenvalue weighted by Crippen LogP contribution is -2.40. The Morgan fingerprint density at radius 2 is 2.33 bits per heavy atom. The minimum absolute atomic E-state index is 0.0498. The quantitative estimate of drug-likeness (QED) is 0.641. The van der Waals surface area contributed by atoms with Crippen LogP contribution in [0.15, 0.2) is 12.1 Å². The van der Waals surface area contributed by atoms with Gasteiger partial charge in [0.2, 0.25) is 5.82 Å². The highest BCUT2D eigenvalue weighted by Gasteiger charge is 2.27. The second kappa shape index (κ2) is 7.21. The molecule has 0 bridgehead atoms. The zero-order valence-electron chi connectivity index (χ0n) is 12.5. The average Bonchev–Trinajstić information content (AvgIpc) is 2.48. The van der Waals surface area contributed by atoms with Crippen molar-refractivity contribution in [3.8, 4) is 0 Å². The summed E-state index contributed by atoms with van der Waals surface area (Å²) in [6, 6.07) is 3.17. The van der Waals surface area contributed by atoms with Gasteiger partial charge >= 0.3 is 5.69 Å². The monoisotopic (exact) mass is 294 g/mol. The summed E-state index contributed by atoms with van der Waals surface area (Å²) in [7, 11) is 0. The van der Waals surface area contributed by atoms with Crippen molar-refractivity contribution in [1.82, 2.24) is 4.98 Å². The highest BCUT2D eigenvalue weighted by molar-refractivity contribution is 5.62. The minimum Gasteiger partial charge on any atom is -0.377 e. The van der Waals surface area contributed by atoms with Gasteiger partial charge in [-0.25, -0.2) is 4.98 Å². The summed E-state index contributed by atoms with van der Waals surface area (Å²) in [5.74, 6) is 1.10. The molecule has 1 aromatic heterocycles. The number of pyridine rings is 1. The van der Waals surface area contributed by atoms with Gasteiger partial charge in [0, 0.05) is 32.3 Å². The van der Waals surface area contributed by atoms with Gasteiger partial charge in [0.15, 0.2) is 0 Å². The van der Waals surface area contributed by atoms with E-state index in [4.69, 9.17) is 4.74 Å². The number of anilines is 2. The Balaban J connectivity index is 2.26. The first-order valence-corrected chi connectivity index (χ1v) is 7.41. The molecule has 1 atom stereocenters. The summed E-state index contributed by atoms with van der Waals surface area (Å²) >= 11 is 0. The van der Waals surface area contributed by atoms with Crippen LogP contribution in [0.5, 0.6) is 0 Å². The molecule has 0 saturated carbocycles. The van der Waals surface area contributed by atoms with Gasteiger partial charge in [-0.05, 0) is 32.8 Å². The van der Waals surface area contributed by atoms with Crippen LogP contribution in [0.4, 0.5) is 17.3 Å². The van der Waals surface area contributed by atoms with Crippen LogP contribution in [0.2, 0.25) is 0 Å². The van der Waals surface area contributed by atoms with Crippen LogP contribution < -0.4 is 10.2 Å². The Hall–Kier alpha value is -1.89. The maximum atomic E-state index is 11.2. The van der Waals surface area contributed by atoms with Crippen LogP contribution in [-0.4, -0.2) is 42.3 Å². The number of nitrogens with one attached hydrogen (secondary N) is 1. The SMILES string of the molecule is CCNc1ccc([N+](=O)[O-])c(N2CCCC(OCC)C2)n1. The van der Waals surface area contributed by atoms with Crippen LogP contribution in [0, 0.1) is 10.1 Å². The lowest BCUT2D eigenvalue weighted by atomic mass is 10.1. The number of piperidine rings is 1. The van der Waals surface area contributed by atoms with Crippen molar-refractivity contribution in [2.75, 3.05) is 36.5 Å². The third kappa shape index (κ3) is 3.81. The molecule has 21 heavy (non-hydrogen) atoms. The van der Waals surface area contributed by atoms with Gasteiger partial charge in [-0.15, -0.1) is 0 Å². The lowest BCUT2D eigenvalue weighted by Gasteiger charge is -2.33. The van der Waals surface area contributed by atoms with Crippen molar-refractivity contribution < 1.29 is 9.66 Å².